The molecular weight excluding hydrogens is 312 g/mol. The van der Waals surface area contributed by atoms with Gasteiger partial charge in [-0.3, -0.25) is 14.7 Å². The molecule has 3 rings (SSSR count). The Bertz CT molecular complexity index is 702. The van der Waals surface area contributed by atoms with Crippen LogP contribution in [0.2, 0.25) is 5.02 Å². The highest BCUT2D eigenvalue weighted by Crippen LogP contribution is 2.36. The molecule has 1 aliphatic heterocycles. The van der Waals surface area contributed by atoms with Gasteiger partial charge in [0.2, 0.25) is 0 Å². The highest BCUT2D eigenvalue weighted by molar-refractivity contribution is 6.30. The Balaban J connectivity index is 2.08. The number of pyridine rings is 1. The third kappa shape index (κ3) is 3.23. The van der Waals surface area contributed by atoms with Crippen molar-refractivity contribution in [2.75, 3.05) is 6.54 Å². The lowest BCUT2D eigenvalue weighted by Gasteiger charge is -2.32. The summed E-state index contributed by atoms with van der Waals surface area (Å²) in [5.41, 5.74) is 3.20. The molecule has 0 bridgehead atoms. The fourth-order valence-electron chi connectivity index (χ4n) is 3.35. The number of carboxylic acids is 1. The van der Waals surface area contributed by atoms with Crippen LogP contribution in [0.15, 0.2) is 42.7 Å². The molecular formula is C18H19ClN2O2. The maximum absolute atomic E-state index is 11.6. The van der Waals surface area contributed by atoms with E-state index in [2.05, 4.69) is 9.88 Å². The molecule has 1 aliphatic rings. The highest BCUT2D eigenvalue weighted by atomic mass is 35.5. The predicted molar refractivity (Wildman–Crippen MR) is 89.6 cm³/mol. The Morgan fingerprint density at radius 3 is 2.74 bits per heavy atom. The standard InChI is InChI=1S/C18H19ClN2O2/c1-12-11-20-9-8-15(12)17(13-4-6-14(19)7-5-13)21-10-2-3-16(21)18(22)23/h4-9,11,16-17H,2-3,10H2,1H3,(H,22,23). The Morgan fingerprint density at radius 2 is 2.09 bits per heavy atom. The van der Waals surface area contributed by atoms with E-state index in [0.29, 0.717) is 11.4 Å². The summed E-state index contributed by atoms with van der Waals surface area (Å²) in [6.45, 7) is 2.78. The molecule has 1 fully saturated rings. The van der Waals surface area contributed by atoms with Crippen LogP contribution in [-0.2, 0) is 4.79 Å². The Morgan fingerprint density at radius 1 is 1.35 bits per heavy atom. The lowest BCUT2D eigenvalue weighted by molar-refractivity contribution is -0.142. The van der Waals surface area contributed by atoms with Gasteiger partial charge in [0.15, 0.2) is 0 Å². The molecule has 1 N–H and O–H groups in total. The molecule has 0 radical (unpaired) electrons. The second-order valence-corrected chi connectivity index (χ2v) is 6.36. The summed E-state index contributed by atoms with van der Waals surface area (Å²) < 4.78 is 0. The van der Waals surface area contributed by atoms with Crippen LogP contribution in [0.4, 0.5) is 0 Å². The molecule has 0 aliphatic carbocycles. The van der Waals surface area contributed by atoms with Gasteiger partial charge in [0.1, 0.15) is 6.04 Å². The maximum Gasteiger partial charge on any atom is 0.320 e. The van der Waals surface area contributed by atoms with Crippen molar-refractivity contribution in [1.82, 2.24) is 9.88 Å². The number of benzene rings is 1. The Kier molecular flexibility index (Phi) is 4.64. The molecule has 0 amide bonds. The zero-order valence-corrected chi connectivity index (χ0v) is 13.7. The van der Waals surface area contributed by atoms with E-state index in [1.165, 1.54) is 0 Å². The first-order valence-corrected chi connectivity index (χ1v) is 8.10. The number of rotatable bonds is 4. The average molecular weight is 331 g/mol. The molecule has 1 saturated heterocycles. The summed E-state index contributed by atoms with van der Waals surface area (Å²) in [5, 5.41) is 10.2. The minimum absolute atomic E-state index is 0.0983. The van der Waals surface area contributed by atoms with Gasteiger partial charge in [-0.1, -0.05) is 23.7 Å². The molecule has 5 heteroatoms. The van der Waals surface area contributed by atoms with Crippen LogP contribution in [0, 0.1) is 6.92 Å². The lowest BCUT2D eigenvalue weighted by Crippen LogP contribution is -2.39. The SMILES string of the molecule is Cc1cnccc1C(c1ccc(Cl)cc1)N1CCCC1C(=O)O. The van der Waals surface area contributed by atoms with Crippen LogP contribution in [0.25, 0.3) is 0 Å². The largest absolute Gasteiger partial charge is 0.480 e. The number of carbonyl (C=O) groups is 1. The molecule has 0 saturated carbocycles. The molecule has 2 unspecified atom stereocenters. The zero-order chi connectivity index (χ0) is 16.4. The van der Waals surface area contributed by atoms with E-state index in [1.807, 2.05) is 43.5 Å². The summed E-state index contributed by atoms with van der Waals surface area (Å²) in [6, 6.07) is 9.08. The van der Waals surface area contributed by atoms with Gasteiger partial charge in [0.25, 0.3) is 0 Å². The first-order valence-electron chi connectivity index (χ1n) is 7.72. The summed E-state index contributed by atoms with van der Waals surface area (Å²) in [4.78, 5) is 17.9. The smallest absolute Gasteiger partial charge is 0.320 e. The third-order valence-electron chi connectivity index (χ3n) is 4.45. The second kappa shape index (κ2) is 6.69. The highest BCUT2D eigenvalue weighted by Gasteiger charge is 2.37. The molecule has 1 aromatic heterocycles. The van der Waals surface area contributed by atoms with Gasteiger partial charge < -0.3 is 5.11 Å². The predicted octanol–water partition coefficient (Wildman–Crippen LogP) is 3.68. The van der Waals surface area contributed by atoms with E-state index in [0.717, 1.165) is 29.7 Å². The Hall–Kier alpha value is -1.91. The zero-order valence-electron chi connectivity index (χ0n) is 12.9. The fourth-order valence-corrected chi connectivity index (χ4v) is 3.47. The number of aryl methyl sites for hydroxylation is 1. The number of likely N-dealkylation sites (tertiary alicyclic amines) is 1. The summed E-state index contributed by atoms with van der Waals surface area (Å²) in [7, 11) is 0. The van der Waals surface area contributed by atoms with Crippen molar-refractivity contribution in [3.05, 3.63) is 64.4 Å². The van der Waals surface area contributed by atoms with E-state index in [4.69, 9.17) is 11.6 Å². The van der Waals surface area contributed by atoms with Gasteiger partial charge in [-0.2, -0.15) is 0 Å². The van der Waals surface area contributed by atoms with E-state index in [9.17, 15) is 9.90 Å². The monoisotopic (exact) mass is 330 g/mol. The average Bonchev–Trinajstić information content (AvgIpc) is 3.01. The number of hydrogen-bond donors (Lipinski definition) is 1. The molecule has 2 aromatic rings. The maximum atomic E-state index is 11.6. The van der Waals surface area contributed by atoms with Gasteiger partial charge in [0.05, 0.1) is 6.04 Å². The lowest BCUT2D eigenvalue weighted by atomic mass is 9.94. The normalized spacial score (nSPS) is 19.7. The van der Waals surface area contributed by atoms with Crippen molar-refractivity contribution in [3.8, 4) is 0 Å². The van der Waals surface area contributed by atoms with Gasteiger partial charge >= 0.3 is 5.97 Å². The molecule has 1 aromatic carbocycles. The van der Waals surface area contributed by atoms with Crippen LogP contribution in [0.1, 0.15) is 35.6 Å². The van der Waals surface area contributed by atoms with Gasteiger partial charge in [-0.15, -0.1) is 0 Å². The van der Waals surface area contributed by atoms with E-state index >= 15 is 0 Å². The van der Waals surface area contributed by atoms with E-state index in [-0.39, 0.29) is 6.04 Å². The number of aromatic nitrogens is 1. The van der Waals surface area contributed by atoms with Crippen LogP contribution >= 0.6 is 11.6 Å². The van der Waals surface area contributed by atoms with Crippen molar-refractivity contribution in [2.24, 2.45) is 0 Å². The summed E-state index contributed by atoms with van der Waals surface area (Å²) in [5.74, 6) is -0.756. The molecule has 2 heterocycles. The van der Waals surface area contributed by atoms with Crippen molar-refractivity contribution < 1.29 is 9.90 Å². The van der Waals surface area contributed by atoms with Gasteiger partial charge in [-0.25, -0.2) is 0 Å². The fraction of sp³-hybridized carbons (Fsp3) is 0.333. The number of nitrogens with zero attached hydrogens (tertiary/aromatic N) is 2. The van der Waals surface area contributed by atoms with Crippen LogP contribution in [-0.4, -0.2) is 33.5 Å². The number of hydrogen-bond acceptors (Lipinski definition) is 3. The van der Waals surface area contributed by atoms with Crippen LogP contribution in [0.3, 0.4) is 0 Å². The number of aliphatic carboxylic acids is 1. The second-order valence-electron chi connectivity index (χ2n) is 5.92. The van der Waals surface area contributed by atoms with Gasteiger partial charge in [0, 0.05) is 24.0 Å². The number of halogens is 1. The Labute approximate surface area is 140 Å². The van der Waals surface area contributed by atoms with Crippen molar-refractivity contribution in [3.63, 3.8) is 0 Å². The van der Waals surface area contributed by atoms with Crippen molar-refractivity contribution in [1.29, 1.82) is 0 Å². The van der Waals surface area contributed by atoms with Crippen molar-refractivity contribution >= 4 is 17.6 Å². The van der Waals surface area contributed by atoms with Gasteiger partial charge in [-0.05, 0) is 54.7 Å². The minimum Gasteiger partial charge on any atom is -0.480 e. The summed E-state index contributed by atoms with van der Waals surface area (Å²) >= 11 is 6.01. The molecule has 0 spiro atoms. The first kappa shape index (κ1) is 16.0. The van der Waals surface area contributed by atoms with E-state index < -0.39 is 12.0 Å². The molecule has 120 valence electrons. The van der Waals surface area contributed by atoms with Crippen LogP contribution < -0.4 is 0 Å². The third-order valence-corrected chi connectivity index (χ3v) is 4.71. The van der Waals surface area contributed by atoms with E-state index in [1.54, 1.807) is 6.20 Å². The van der Waals surface area contributed by atoms with Crippen LogP contribution in [0.5, 0.6) is 0 Å². The molecule has 2 atom stereocenters. The van der Waals surface area contributed by atoms with Crippen molar-refractivity contribution in [2.45, 2.75) is 31.8 Å². The molecule has 4 nitrogen and oxygen atoms in total. The topological polar surface area (TPSA) is 53.4 Å². The number of carboxylic acid groups (broad SMARTS) is 1. The summed E-state index contributed by atoms with van der Waals surface area (Å²) in [6.07, 6.45) is 5.16. The minimum atomic E-state index is -0.756. The first-order chi connectivity index (χ1) is 11.1. The quantitative estimate of drug-likeness (QED) is 0.929. The molecule has 23 heavy (non-hydrogen) atoms.